The normalized spacial score (nSPS) is 12.1. The Morgan fingerprint density at radius 2 is 2.05 bits per heavy atom. The summed E-state index contributed by atoms with van der Waals surface area (Å²) < 4.78 is 5.57. The molecule has 0 aliphatic heterocycles. The summed E-state index contributed by atoms with van der Waals surface area (Å²) >= 11 is 1.75. The van der Waals surface area contributed by atoms with Crippen LogP contribution in [0.25, 0.3) is 11.0 Å². The number of rotatable bonds is 4. The fourth-order valence-corrected chi connectivity index (χ4v) is 2.77. The van der Waals surface area contributed by atoms with Crippen molar-refractivity contribution in [3.63, 3.8) is 0 Å². The third-order valence-corrected chi connectivity index (χ3v) is 4.04. The fraction of sp³-hybridized carbons (Fsp3) is 0.533. The van der Waals surface area contributed by atoms with Gasteiger partial charge in [-0.15, -0.1) is 0 Å². The van der Waals surface area contributed by atoms with Gasteiger partial charge in [0.15, 0.2) is 0 Å². The Morgan fingerprint density at radius 1 is 1.32 bits per heavy atom. The molecule has 0 fully saturated rings. The van der Waals surface area contributed by atoms with Gasteiger partial charge >= 0.3 is 0 Å². The monoisotopic (exact) mass is 277 g/mol. The van der Waals surface area contributed by atoms with Crippen LogP contribution in [0.15, 0.2) is 18.2 Å². The Hall–Kier alpha value is -1.16. The average Bonchev–Trinajstić information content (AvgIpc) is 2.67. The molecular formula is C15H23N3S. The van der Waals surface area contributed by atoms with Crippen molar-refractivity contribution in [3.8, 4) is 0 Å². The van der Waals surface area contributed by atoms with E-state index in [2.05, 4.69) is 62.2 Å². The molecule has 0 unspecified atom stereocenters. The minimum Gasteiger partial charge on any atom is -0.331 e. The number of hydrogen-bond donors (Lipinski definition) is 1. The van der Waals surface area contributed by atoms with Crippen LogP contribution in [0.5, 0.6) is 0 Å². The van der Waals surface area contributed by atoms with Crippen LogP contribution in [0.1, 0.15) is 39.9 Å². The Bertz CT molecular complexity index is 567. The lowest BCUT2D eigenvalue weighted by molar-refractivity contribution is 0.526. The van der Waals surface area contributed by atoms with Crippen LogP contribution in [0.2, 0.25) is 0 Å². The Balaban J connectivity index is 2.33. The maximum Gasteiger partial charge on any atom is 0.115 e. The number of benzene rings is 1. The molecule has 2 rings (SSSR count). The smallest absolute Gasteiger partial charge is 0.115 e. The van der Waals surface area contributed by atoms with Crippen molar-refractivity contribution in [2.75, 3.05) is 10.5 Å². The molecule has 0 spiro atoms. The number of nitrogens with zero attached hydrogens (tertiary/aromatic N) is 2. The number of anilines is 1. The van der Waals surface area contributed by atoms with E-state index in [1.807, 2.05) is 0 Å². The van der Waals surface area contributed by atoms with Crippen molar-refractivity contribution >= 4 is 28.7 Å². The van der Waals surface area contributed by atoms with Gasteiger partial charge in [0.2, 0.25) is 0 Å². The molecule has 0 atom stereocenters. The summed E-state index contributed by atoms with van der Waals surface area (Å²) in [6, 6.07) is 6.40. The van der Waals surface area contributed by atoms with Crippen molar-refractivity contribution in [3.05, 3.63) is 24.0 Å². The third-order valence-electron chi connectivity index (χ3n) is 3.05. The molecule has 1 N–H and O–H groups in total. The summed E-state index contributed by atoms with van der Waals surface area (Å²) in [6.07, 6.45) is 1.18. The molecule has 0 radical (unpaired) electrons. The van der Waals surface area contributed by atoms with Crippen LogP contribution < -0.4 is 4.72 Å². The van der Waals surface area contributed by atoms with E-state index in [1.165, 1.54) is 11.9 Å². The highest BCUT2D eigenvalue weighted by molar-refractivity contribution is 8.00. The molecule has 0 aliphatic rings. The summed E-state index contributed by atoms with van der Waals surface area (Å²) in [6.45, 7) is 8.78. The SMILES string of the molecule is CCCSNc1ccc2c(c1)nc(C(C)(C)C)n2C. The quantitative estimate of drug-likeness (QED) is 0.666. The Kier molecular flexibility index (Phi) is 4.09. The number of hydrogen-bond acceptors (Lipinski definition) is 3. The molecule has 2 aromatic rings. The van der Waals surface area contributed by atoms with E-state index in [-0.39, 0.29) is 5.41 Å². The molecular weight excluding hydrogens is 254 g/mol. The molecule has 3 nitrogen and oxygen atoms in total. The van der Waals surface area contributed by atoms with E-state index in [0.29, 0.717) is 0 Å². The molecule has 1 aromatic heterocycles. The first kappa shape index (κ1) is 14.3. The van der Waals surface area contributed by atoms with E-state index in [0.717, 1.165) is 22.8 Å². The summed E-state index contributed by atoms with van der Waals surface area (Å²) in [5, 5.41) is 0. The van der Waals surface area contributed by atoms with Crippen molar-refractivity contribution in [1.82, 2.24) is 9.55 Å². The van der Waals surface area contributed by atoms with Gasteiger partial charge in [0.1, 0.15) is 5.82 Å². The molecule has 1 aromatic carbocycles. The second-order valence-electron chi connectivity index (χ2n) is 5.90. The average molecular weight is 277 g/mol. The molecule has 1 heterocycles. The highest BCUT2D eigenvalue weighted by Gasteiger charge is 2.21. The van der Waals surface area contributed by atoms with Gasteiger partial charge in [-0.25, -0.2) is 4.98 Å². The molecule has 19 heavy (non-hydrogen) atoms. The number of fused-ring (bicyclic) bond motifs is 1. The zero-order chi connectivity index (χ0) is 14.0. The summed E-state index contributed by atoms with van der Waals surface area (Å²) in [5.41, 5.74) is 3.45. The maximum atomic E-state index is 4.79. The Labute approximate surface area is 119 Å². The van der Waals surface area contributed by atoms with E-state index in [9.17, 15) is 0 Å². The summed E-state index contributed by atoms with van der Waals surface area (Å²) in [7, 11) is 2.09. The highest BCUT2D eigenvalue weighted by atomic mass is 32.2. The second kappa shape index (κ2) is 5.45. The minimum absolute atomic E-state index is 0.0678. The molecule has 0 aliphatic carbocycles. The highest BCUT2D eigenvalue weighted by Crippen LogP contribution is 2.27. The van der Waals surface area contributed by atoms with Gasteiger partial charge in [0, 0.05) is 23.9 Å². The largest absolute Gasteiger partial charge is 0.331 e. The van der Waals surface area contributed by atoms with Gasteiger partial charge in [0.05, 0.1) is 11.0 Å². The van der Waals surface area contributed by atoms with E-state index < -0.39 is 0 Å². The van der Waals surface area contributed by atoms with Crippen molar-refractivity contribution in [2.45, 2.75) is 39.5 Å². The third kappa shape index (κ3) is 3.06. The van der Waals surface area contributed by atoms with Crippen LogP contribution in [-0.4, -0.2) is 15.3 Å². The van der Waals surface area contributed by atoms with Gasteiger partial charge in [-0.05, 0) is 24.6 Å². The Morgan fingerprint density at radius 3 is 2.68 bits per heavy atom. The van der Waals surface area contributed by atoms with Crippen LogP contribution in [0, 0.1) is 0 Å². The fourth-order valence-electron chi connectivity index (χ4n) is 2.17. The van der Waals surface area contributed by atoms with Crippen molar-refractivity contribution < 1.29 is 0 Å². The molecule has 0 amide bonds. The lowest BCUT2D eigenvalue weighted by Crippen LogP contribution is -2.17. The van der Waals surface area contributed by atoms with Crippen LogP contribution >= 0.6 is 11.9 Å². The zero-order valence-electron chi connectivity index (χ0n) is 12.4. The zero-order valence-corrected chi connectivity index (χ0v) is 13.3. The predicted octanol–water partition coefficient (Wildman–Crippen LogP) is 4.34. The van der Waals surface area contributed by atoms with E-state index >= 15 is 0 Å². The minimum atomic E-state index is 0.0678. The molecule has 104 valence electrons. The van der Waals surface area contributed by atoms with Crippen molar-refractivity contribution in [2.24, 2.45) is 7.05 Å². The second-order valence-corrected chi connectivity index (χ2v) is 6.80. The first-order valence-electron chi connectivity index (χ1n) is 6.78. The van der Waals surface area contributed by atoms with Gasteiger partial charge in [-0.3, -0.25) is 0 Å². The molecule has 0 saturated heterocycles. The topological polar surface area (TPSA) is 29.9 Å². The van der Waals surface area contributed by atoms with Crippen LogP contribution in [0.4, 0.5) is 5.69 Å². The lowest BCUT2D eigenvalue weighted by Gasteiger charge is -2.17. The number of nitrogens with one attached hydrogen (secondary N) is 1. The molecule has 4 heteroatoms. The predicted molar refractivity (Wildman–Crippen MR) is 85.8 cm³/mol. The summed E-state index contributed by atoms with van der Waals surface area (Å²) in [5.74, 6) is 2.24. The summed E-state index contributed by atoms with van der Waals surface area (Å²) in [4.78, 5) is 4.79. The van der Waals surface area contributed by atoms with Gasteiger partial charge < -0.3 is 9.29 Å². The van der Waals surface area contributed by atoms with Gasteiger partial charge in [-0.2, -0.15) is 0 Å². The molecule has 0 saturated carbocycles. The lowest BCUT2D eigenvalue weighted by atomic mass is 9.96. The first-order valence-corrected chi connectivity index (χ1v) is 7.77. The van der Waals surface area contributed by atoms with E-state index in [4.69, 9.17) is 4.98 Å². The standard InChI is InChI=1S/C15H23N3S/c1-6-9-19-17-11-7-8-13-12(10-11)16-14(18(13)5)15(2,3)4/h7-8,10,17H,6,9H2,1-5H3. The number of imidazole rings is 1. The van der Waals surface area contributed by atoms with Crippen LogP contribution in [-0.2, 0) is 12.5 Å². The van der Waals surface area contributed by atoms with Gasteiger partial charge in [-0.1, -0.05) is 39.6 Å². The molecule has 0 bridgehead atoms. The first-order chi connectivity index (χ1) is 8.93. The van der Waals surface area contributed by atoms with Crippen molar-refractivity contribution in [1.29, 1.82) is 0 Å². The number of aryl methyl sites for hydroxylation is 1. The van der Waals surface area contributed by atoms with Gasteiger partial charge in [0.25, 0.3) is 0 Å². The number of aromatic nitrogens is 2. The van der Waals surface area contributed by atoms with Crippen LogP contribution in [0.3, 0.4) is 0 Å². The van der Waals surface area contributed by atoms with E-state index in [1.54, 1.807) is 11.9 Å². The maximum absolute atomic E-state index is 4.79.